The zero-order chi connectivity index (χ0) is 17.6. The number of nitrogens with two attached hydrogens (primary N) is 1. The van der Waals surface area contributed by atoms with Gasteiger partial charge in [-0.1, -0.05) is 36.4 Å². The number of carbonyl (C=O) groups is 1. The zero-order valence-corrected chi connectivity index (χ0v) is 16.0. The van der Waals surface area contributed by atoms with Crippen molar-refractivity contribution in [3.63, 3.8) is 0 Å². The van der Waals surface area contributed by atoms with Crippen LogP contribution >= 0.6 is 12.4 Å². The number of amides is 1. The highest BCUT2D eigenvalue weighted by atomic mass is 35.5. The summed E-state index contributed by atoms with van der Waals surface area (Å²) in [4.78, 5) is 14.7. The molecular formula is C21H27ClN2O2. The summed E-state index contributed by atoms with van der Waals surface area (Å²) in [6, 6.07) is 17.7. The van der Waals surface area contributed by atoms with E-state index in [4.69, 9.17) is 10.5 Å². The number of ether oxygens (including phenoxy) is 1. The third-order valence-corrected chi connectivity index (χ3v) is 4.90. The summed E-state index contributed by atoms with van der Waals surface area (Å²) in [5.41, 5.74) is 7.77. The van der Waals surface area contributed by atoms with Crippen molar-refractivity contribution in [3.8, 4) is 5.75 Å². The van der Waals surface area contributed by atoms with Crippen LogP contribution in [0.4, 0.5) is 0 Å². The molecule has 1 unspecified atom stereocenters. The standard InChI is InChI=1S/C21H26N2O2.ClH/c1-16(22)18-10-12-23(13-11-18)21(24)19-8-5-9-20(14-19)25-15-17-6-3-2-4-7-17;/h2-9,14,16,18H,10-13,15,22H2,1H3;1H. The molecule has 0 aromatic heterocycles. The van der Waals surface area contributed by atoms with E-state index in [2.05, 4.69) is 6.92 Å². The smallest absolute Gasteiger partial charge is 0.253 e. The molecule has 1 aliphatic rings. The molecule has 0 bridgehead atoms. The molecule has 1 fully saturated rings. The van der Waals surface area contributed by atoms with Crippen molar-refractivity contribution in [2.45, 2.75) is 32.4 Å². The summed E-state index contributed by atoms with van der Waals surface area (Å²) in [5, 5.41) is 0. The molecule has 2 aromatic carbocycles. The Balaban J connectivity index is 0.00000243. The number of hydrogen-bond donors (Lipinski definition) is 1. The highest BCUT2D eigenvalue weighted by Gasteiger charge is 2.25. The maximum absolute atomic E-state index is 12.7. The second kappa shape index (κ2) is 9.60. The van der Waals surface area contributed by atoms with Crippen molar-refractivity contribution in [1.82, 2.24) is 4.90 Å². The van der Waals surface area contributed by atoms with Gasteiger partial charge in [0.2, 0.25) is 0 Å². The number of nitrogens with zero attached hydrogens (tertiary/aromatic N) is 1. The molecule has 0 spiro atoms. The summed E-state index contributed by atoms with van der Waals surface area (Å²) in [6.07, 6.45) is 1.96. The van der Waals surface area contributed by atoms with Crippen molar-refractivity contribution in [2.24, 2.45) is 11.7 Å². The molecule has 2 N–H and O–H groups in total. The lowest BCUT2D eigenvalue weighted by molar-refractivity contribution is 0.0680. The number of halogens is 1. The van der Waals surface area contributed by atoms with Gasteiger partial charge in [0.25, 0.3) is 5.91 Å². The molecule has 1 heterocycles. The van der Waals surface area contributed by atoms with Gasteiger partial charge in [-0.2, -0.15) is 0 Å². The maximum atomic E-state index is 12.7. The third kappa shape index (κ3) is 5.23. The van der Waals surface area contributed by atoms with E-state index in [1.54, 1.807) is 0 Å². The van der Waals surface area contributed by atoms with Gasteiger partial charge in [-0.05, 0) is 49.4 Å². The molecule has 140 valence electrons. The number of benzene rings is 2. The van der Waals surface area contributed by atoms with Crippen LogP contribution < -0.4 is 10.5 Å². The lowest BCUT2D eigenvalue weighted by Crippen LogP contribution is -2.42. The minimum absolute atomic E-state index is 0. The van der Waals surface area contributed by atoms with Crippen LogP contribution in [0.1, 0.15) is 35.7 Å². The Kier molecular flexibility index (Phi) is 7.49. The summed E-state index contributed by atoms with van der Waals surface area (Å²) < 4.78 is 5.83. The summed E-state index contributed by atoms with van der Waals surface area (Å²) in [5.74, 6) is 1.32. The zero-order valence-electron chi connectivity index (χ0n) is 15.1. The second-order valence-electron chi connectivity index (χ2n) is 6.79. The van der Waals surface area contributed by atoms with Crippen LogP contribution in [0.15, 0.2) is 54.6 Å². The molecule has 1 aliphatic heterocycles. The lowest BCUT2D eigenvalue weighted by atomic mass is 9.90. The van der Waals surface area contributed by atoms with E-state index >= 15 is 0 Å². The molecule has 0 saturated carbocycles. The molecule has 0 aliphatic carbocycles. The van der Waals surface area contributed by atoms with Crippen LogP contribution in [0, 0.1) is 5.92 Å². The fourth-order valence-corrected chi connectivity index (χ4v) is 3.27. The van der Waals surface area contributed by atoms with Crippen LogP contribution in [0.3, 0.4) is 0 Å². The fourth-order valence-electron chi connectivity index (χ4n) is 3.27. The van der Waals surface area contributed by atoms with E-state index in [0.717, 1.165) is 37.2 Å². The molecule has 0 radical (unpaired) electrons. The van der Waals surface area contributed by atoms with E-state index in [1.807, 2.05) is 59.5 Å². The van der Waals surface area contributed by atoms with Crippen LogP contribution in [0.5, 0.6) is 5.75 Å². The van der Waals surface area contributed by atoms with Gasteiger partial charge in [-0.3, -0.25) is 4.79 Å². The second-order valence-corrected chi connectivity index (χ2v) is 6.79. The first kappa shape index (κ1) is 20.3. The average molecular weight is 375 g/mol. The van der Waals surface area contributed by atoms with Gasteiger partial charge in [-0.25, -0.2) is 0 Å². The molecule has 2 aromatic rings. The minimum Gasteiger partial charge on any atom is -0.489 e. The van der Waals surface area contributed by atoms with E-state index in [9.17, 15) is 4.79 Å². The molecule has 26 heavy (non-hydrogen) atoms. The van der Waals surface area contributed by atoms with Crippen molar-refractivity contribution >= 4 is 18.3 Å². The third-order valence-electron chi connectivity index (χ3n) is 4.90. The summed E-state index contributed by atoms with van der Waals surface area (Å²) in [7, 11) is 0. The van der Waals surface area contributed by atoms with Gasteiger partial charge < -0.3 is 15.4 Å². The molecule has 3 rings (SSSR count). The van der Waals surface area contributed by atoms with Gasteiger partial charge in [0.15, 0.2) is 0 Å². The number of hydrogen-bond acceptors (Lipinski definition) is 3. The van der Waals surface area contributed by atoms with Gasteiger partial charge in [0, 0.05) is 24.7 Å². The predicted octanol–water partition coefficient (Wildman–Crippen LogP) is 3.89. The number of likely N-dealkylation sites (tertiary alicyclic amines) is 1. The summed E-state index contributed by atoms with van der Waals surface area (Å²) >= 11 is 0. The topological polar surface area (TPSA) is 55.6 Å². The fraction of sp³-hybridized carbons (Fsp3) is 0.381. The number of carbonyl (C=O) groups excluding carboxylic acids is 1. The lowest BCUT2D eigenvalue weighted by Gasteiger charge is -2.33. The van der Waals surface area contributed by atoms with Crippen LogP contribution in [0.2, 0.25) is 0 Å². The molecule has 4 nitrogen and oxygen atoms in total. The van der Waals surface area contributed by atoms with Gasteiger partial charge in [0.1, 0.15) is 12.4 Å². The number of rotatable bonds is 5. The summed E-state index contributed by atoms with van der Waals surface area (Å²) in [6.45, 7) is 4.11. The molecule has 5 heteroatoms. The van der Waals surface area contributed by atoms with Gasteiger partial charge in [-0.15, -0.1) is 12.4 Å². The minimum atomic E-state index is 0. The average Bonchev–Trinajstić information content (AvgIpc) is 2.67. The van der Waals surface area contributed by atoms with E-state index < -0.39 is 0 Å². The maximum Gasteiger partial charge on any atom is 0.253 e. The van der Waals surface area contributed by atoms with E-state index in [1.165, 1.54) is 0 Å². The van der Waals surface area contributed by atoms with Crippen LogP contribution in [-0.2, 0) is 6.61 Å². The van der Waals surface area contributed by atoms with Crippen LogP contribution in [-0.4, -0.2) is 29.9 Å². The normalized spacial score (nSPS) is 15.8. The van der Waals surface area contributed by atoms with Gasteiger partial charge >= 0.3 is 0 Å². The Labute approximate surface area is 161 Å². The molecule has 1 amide bonds. The highest BCUT2D eigenvalue weighted by molar-refractivity contribution is 5.94. The van der Waals surface area contributed by atoms with Crippen molar-refractivity contribution in [3.05, 3.63) is 65.7 Å². The Hall–Kier alpha value is -2.04. The van der Waals surface area contributed by atoms with Crippen molar-refractivity contribution in [1.29, 1.82) is 0 Å². The highest BCUT2D eigenvalue weighted by Crippen LogP contribution is 2.22. The van der Waals surface area contributed by atoms with Gasteiger partial charge in [0.05, 0.1) is 0 Å². The first-order valence-electron chi connectivity index (χ1n) is 8.95. The largest absolute Gasteiger partial charge is 0.489 e. The Bertz CT molecular complexity index is 698. The monoisotopic (exact) mass is 374 g/mol. The molecule has 1 saturated heterocycles. The quantitative estimate of drug-likeness (QED) is 0.863. The molecule has 1 atom stereocenters. The SMILES string of the molecule is CC(N)C1CCN(C(=O)c2cccc(OCc3ccccc3)c2)CC1.Cl. The van der Waals surface area contributed by atoms with E-state index in [0.29, 0.717) is 18.1 Å². The first-order valence-corrected chi connectivity index (χ1v) is 8.95. The molecular weight excluding hydrogens is 348 g/mol. The number of piperidine rings is 1. The predicted molar refractivity (Wildman–Crippen MR) is 107 cm³/mol. The Morgan fingerprint density at radius 2 is 1.85 bits per heavy atom. The first-order chi connectivity index (χ1) is 12.1. The Morgan fingerprint density at radius 1 is 1.15 bits per heavy atom. The van der Waals surface area contributed by atoms with E-state index in [-0.39, 0.29) is 24.4 Å². The Morgan fingerprint density at radius 3 is 2.50 bits per heavy atom. The van der Waals surface area contributed by atoms with Crippen molar-refractivity contribution < 1.29 is 9.53 Å². The van der Waals surface area contributed by atoms with Crippen LogP contribution in [0.25, 0.3) is 0 Å². The van der Waals surface area contributed by atoms with Crippen molar-refractivity contribution in [2.75, 3.05) is 13.1 Å².